The summed E-state index contributed by atoms with van der Waals surface area (Å²) >= 11 is 0. The Morgan fingerprint density at radius 1 is 1.08 bits per heavy atom. The van der Waals surface area contributed by atoms with Gasteiger partial charge >= 0.3 is 0 Å². The molecule has 0 fully saturated rings. The lowest BCUT2D eigenvalue weighted by Crippen LogP contribution is -2.32. The molecule has 0 spiro atoms. The second kappa shape index (κ2) is 6.65. The number of nitrogens with one attached hydrogen (secondary N) is 1. The Balaban J connectivity index is 2.36. The van der Waals surface area contributed by atoms with Gasteiger partial charge in [0.2, 0.25) is 0 Å². The van der Waals surface area contributed by atoms with E-state index in [-0.39, 0.29) is 18.0 Å². The van der Waals surface area contributed by atoms with Crippen molar-refractivity contribution in [3.63, 3.8) is 0 Å². The fraction of sp³-hybridized carbons (Fsp3) is 0.333. The van der Waals surface area contributed by atoms with Gasteiger partial charge in [0, 0.05) is 34.5 Å². The van der Waals surface area contributed by atoms with Crippen LogP contribution in [-0.4, -0.2) is 24.9 Å². The van der Waals surface area contributed by atoms with Crippen LogP contribution in [0.3, 0.4) is 0 Å². The third kappa shape index (κ3) is 3.03. The zero-order chi connectivity index (χ0) is 19.1. The molecule has 4 nitrogen and oxygen atoms in total. The summed E-state index contributed by atoms with van der Waals surface area (Å²) in [5, 5.41) is 13.7. The summed E-state index contributed by atoms with van der Waals surface area (Å²) in [6.07, 6.45) is 2.13. The molecule has 1 aliphatic heterocycles. The molecule has 0 unspecified atom stereocenters. The van der Waals surface area contributed by atoms with Crippen molar-refractivity contribution in [2.45, 2.75) is 32.9 Å². The van der Waals surface area contributed by atoms with E-state index in [1.807, 2.05) is 13.0 Å². The Hall–Kier alpha value is -2.53. The van der Waals surface area contributed by atoms with Crippen LogP contribution in [0.4, 0.5) is 10.1 Å². The van der Waals surface area contributed by atoms with E-state index >= 15 is 0 Å². The van der Waals surface area contributed by atoms with Crippen molar-refractivity contribution in [2.24, 2.45) is 0 Å². The first-order valence-corrected chi connectivity index (χ1v) is 8.48. The maximum absolute atomic E-state index is 13.7. The smallest absolute Gasteiger partial charge is 0.129 e. The van der Waals surface area contributed by atoms with Crippen LogP contribution in [0.1, 0.15) is 31.9 Å². The molecule has 0 atom stereocenters. The van der Waals surface area contributed by atoms with Crippen molar-refractivity contribution in [1.82, 2.24) is 0 Å². The van der Waals surface area contributed by atoms with E-state index in [4.69, 9.17) is 9.47 Å². The summed E-state index contributed by atoms with van der Waals surface area (Å²) in [6.45, 7) is 6.02. The van der Waals surface area contributed by atoms with Gasteiger partial charge in [-0.05, 0) is 44.0 Å². The minimum atomic E-state index is -0.382. The molecule has 0 amide bonds. The van der Waals surface area contributed by atoms with Crippen LogP contribution in [0.25, 0.3) is 16.7 Å². The van der Waals surface area contributed by atoms with Gasteiger partial charge in [-0.15, -0.1) is 0 Å². The Morgan fingerprint density at radius 2 is 1.77 bits per heavy atom. The summed E-state index contributed by atoms with van der Waals surface area (Å²) < 4.78 is 24.7. The number of aliphatic hydroxyl groups is 1. The molecule has 0 aliphatic carbocycles. The minimum Gasteiger partial charge on any atom is -0.496 e. The quantitative estimate of drug-likeness (QED) is 0.839. The number of rotatable bonds is 4. The second-order valence-corrected chi connectivity index (χ2v) is 7.03. The molecular weight excluding hydrogens is 333 g/mol. The number of anilines is 1. The fourth-order valence-electron chi connectivity index (χ4n) is 3.74. The molecule has 2 N–H and O–H groups in total. The summed E-state index contributed by atoms with van der Waals surface area (Å²) in [4.78, 5) is 0. The molecule has 0 radical (unpaired) electrons. The van der Waals surface area contributed by atoms with Crippen LogP contribution in [-0.2, 0) is 6.61 Å². The van der Waals surface area contributed by atoms with Gasteiger partial charge in [-0.2, -0.15) is 0 Å². The molecular formula is C21H24FNO3. The van der Waals surface area contributed by atoms with Gasteiger partial charge in [-0.1, -0.05) is 6.08 Å². The molecule has 1 heterocycles. The van der Waals surface area contributed by atoms with Crippen LogP contribution < -0.4 is 14.8 Å². The maximum atomic E-state index is 13.7. The molecule has 0 saturated carbocycles. The number of benzene rings is 2. The van der Waals surface area contributed by atoms with Gasteiger partial charge < -0.3 is 19.9 Å². The average Bonchev–Trinajstić information content (AvgIpc) is 2.59. The number of hydrogen-bond acceptors (Lipinski definition) is 4. The van der Waals surface area contributed by atoms with Crippen LogP contribution in [0.15, 0.2) is 30.3 Å². The lowest BCUT2D eigenvalue weighted by molar-refractivity contribution is 0.281. The van der Waals surface area contributed by atoms with E-state index in [0.29, 0.717) is 22.6 Å². The standard InChI is InChI=1S/C21H24FNO3/c1-12-10-21(2,3)23-16-9-18(26-5)20(15(11-24)19(12)16)14-7-6-13(22)8-17(14)25-4/h6-10,23-24H,11H2,1-5H3. The number of methoxy groups -OCH3 is 2. The first kappa shape index (κ1) is 18.3. The van der Waals surface area contributed by atoms with Gasteiger partial charge in [-0.25, -0.2) is 4.39 Å². The van der Waals surface area contributed by atoms with E-state index in [1.54, 1.807) is 13.2 Å². The number of hydrogen-bond donors (Lipinski definition) is 2. The van der Waals surface area contributed by atoms with Gasteiger partial charge in [0.05, 0.1) is 26.4 Å². The summed E-state index contributed by atoms with van der Waals surface area (Å²) in [7, 11) is 3.08. The van der Waals surface area contributed by atoms with E-state index < -0.39 is 0 Å². The molecule has 5 heteroatoms. The SMILES string of the molecule is COc1cc(F)ccc1-c1c(OC)cc2c(c1CO)C(C)=CC(C)(C)N2. The van der Waals surface area contributed by atoms with Crippen molar-refractivity contribution in [1.29, 1.82) is 0 Å². The minimum absolute atomic E-state index is 0.178. The predicted octanol–water partition coefficient (Wildman–Crippen LogP) is 4.61. The van der Waals surface area contributed by atoms with Gasteiger partial charge in [0.1, 0.15) is 17.3 Å². The van der Waals surface area contributed by atoms with E-state index in [1.165, 1.54) is 19.2 Å². The first-order chi connectivity index (χ1) is 12.3. The fourth-order valence-corrected chi connectivity index (χ4v) is 3.74. The molecule has 3 rings (SSSR count). The van der Waals surface area contributed by atoms with Crippen molar-refractivity contribution in [3.05, 3.63) is 47.3 Å². The Labute approximate surface area is 153 Å². The second-order valence-electron chi connectivity index (χ2n) is 7.03. The van der Waals surface area contributed by atoms with E-state index in [2.05, 4.69) is 25.2 Å². The van der Waals surface area contributed by atoms with Crippen molar-refractivity contribution in [2.75, 3.05) is 19.5 Å². The highest BCUT2D eigenvalue weighted by atomic mass is 19.1. The summed E-state index contributed by atoms with van der Waals surface area (Å²) in [5.74, 6) is 0.604. The number of ether oxygens (including phenoxy) is 2. The molecule has 138 valence electrons. The van der Waals surface area contributed by atoms with Crippen molar-refractivity contribution >= 4 is 11.3 Å². The molecule has 2 aromatic rings. The number of halogens is 1. The molecule has 1 aliphatic rings. The normalized spacial score (nSPS) is 15.0. The highest BCUT2D eigenvalue weighted by Crippen LogP contribution is 2.47. The molecule has 0 saturated heterocycles. The number of fused-ring (bicyclic) bond motifs is 1. The van der Waals surface area contributed by atoms with E-state index in [0.717, 1.165) is 22.4 Å². The number of allylic oxidation sites excluding steroid dienone is 1. The van der Waals surface area contributed by atoms with Gasteiger partial charge in [0.15, 0.2) is 0 Å². The highest BCUT2D eigenvalue weighted by molar-refractivity contribution is 5.91. The average molecular weight is 357 g/mol. The van der Waals surface area contributed by atoms with Crippen molar-refractivity contribution < 1.29 is 19.0 Å². The van der Waals surface area contributed by atoms with E-state index in [9.17, 15) is 9.50 Å². The summed E-state index contributed by atoms with van der Waals surface area (Å²) in [6, 6.07) is 6.28. The largest absolute Gasteiger partial charge is 0.496 e. The summed E-state index contributed by atoms with van der Waals surface area (Å²) in [5.41, 5.74) is 4.81. The Morgan fingerprint density at radius 3 is 2.38 bits per heavy atom. The van der Waals surface area contributed by atoms with Crippen molar-refractivity contribution in [3.8, 4) is 22.6 Å². The monoisotopic (exact) mass is 357 g/mol. The lowest BCUT2D eigenvalue weighted by atomic mass is 9.84. The zero-order valence-corrected chi connectivity index (χ0v) is 15.7. The zero-order valence-electron chi connectivity index (χ0n) is 15.7. The number of aliphatic hydroxyl groups excluding tert-OH is 1. The molecule has 0 aromatic heterocycles. The van der Waals surface area contributed by atoms with Crippen LogP contribution in [0.5, 0.6) is 11.5 Å². The highest BCUT2D eigenvalue weighted by Gasteiger charge is 2.29. The van der Waals surface area contributed by atoms with Gasteiger partial charge in [-0.3, -0.25) is 0 Å². The van der Waals surface area contributed by atoms with Crippen LogP contribution in [0, 0.1) is 5.82 Å². The third-order valence-electron chi connectivity index (χ3n) is 4.63. The first-order valence-electron chi connectivity index (χ1n) is 8.48. The molecule has 26 heavy (non-hydrogen) atoms. The Kier molecular flexibility index (Phi) is 4.67. The predicted molar refractivity (Wildman–Crippen MR) is 102 cm³/mol. The Bertz CT molecular complexity index is 887. The molecule has 2 aromatic carbocycles. The topological polar surface area (TPSA) is 50.7 Å². The lowest BCUT2D eigenvalue weighted by Gasteiger charge is -2.34. The maximum Gasteiger partial charge on any atom is 0.129 e. The third-order valence-corrected chi connectivity index (χ3v) is 4.63. The van der Waals surface area contributed by atoms with Gasteiger partial charge in [0.25, 0.3) is 0 Å². The van der Waals surface area contributed by atoms with Crippen LogP contribution >= 0.6 is 0 Å². The molecule has 0 bridgehead atoms. The van der Waals surface area contributed by atoms with Crippen LogP contribution in [0.2, 0.25) is 0 Å².